The summed E-state index contributed by atoms with van der Waals surface area (Å²) in [4.78, 5) is 24.8. The molecule has 10 heteroatoms. The van der Waals surface area contributed by atoms with Gasteiger partial charge in [-0.05, 0) is 72.4 Å². The minimum atomic E-state index is -0.598. The van der Waals surface area contributed by atoms with Gasteiger partial charge in [-0.1, -0.05) is 19.1 Å². The lowest BCUT2D eigenvalue weighted by molar-refractivity contribution is -0.123. The van der Waals surface area contributed by atoms with Crippen molar-refractivity contribution in [2.24, 2.45) is 29.4 Å². The average molecular weight is 477 g/mol. The second kappa shape index (κ2) is 10.2. The van der Waals surface area contributed by atoms with Crippen molar-refractivity contribution in [3.63, 3.8) is 0 Å². The molecule has 1 heterocycles. The third kappa shape index (κ3) is 5.20. The molecule has 0 radical (unpaired) electrons. The highest BCUT2D eigenvalue weighted by molar-refractivity contribution is 6.28. The van der Waals surface area contributed by atoms with Crippen LogP contribution in [0.15, 0.2) is 30.5 Å². The highest BCUT2D eigenvalue weighted by Gasteiger charge is 2.54. The first kappa shape index (κ1) is 23.7. The van der Waals surface area contributed by atoms with Gasteiger partial charge in [0.15, 0.2) is 11.6 Å². The molecule has 0 spiro atoms. The minimum Gasteiger partial charge on any atom is -0.369 e. The van der Waals surface area contributed by atoms with Crippen LogP contribution in [0.4, 0.5) is 15.9 Å². The zero-order valence-electron chi connectivity index (χ0n) is 18.7. The number of nitrogens with one attached hydrogen (secondary N) is 3. The molecule has 2 aliphatic rings. The Morgan fingerprint density at radius 3 is 2.97 bits per heavy atom. The Balaban J connectivity index is 1.38. The summed E-state index contributed by atoms with van der Waals surface area (Å²) in [5.41, 5.74) is 10.7. The number of carbonyl (C=O) groups is 1. The highest BCUT2D eigenvalue weighted by atomic mass is 35.5. The number of nitrogens with two attached hydrogens (primary N) is 1. The van der Waals surface area contributed by atoms with Crippen LogP contribution in [0.1, 0.15) is 31.2 Å². The third-order valence-corrected chi connectivity index (χ3v) is 7.20. The van der Waals surface area contributed by atoms with E-state index in [9.17, 15) is 9.18 Å². The standard InChI is InChI=1S/C23H30ClFN6O2/c1-12(13-4-3-5-16(7-13)31-33-2)9-27-10-15-6-14-8-17(15)20(19(14)21(26)32)29-22-18(25)11-28-23(24)30-22/h3-5,7,11-12,14-15,17,19-20,27,31H,6,8-10H2,1-2H3,(H2,26,32)(H,28,29,30). The van der Waals surface area contributed by atoms with Gasteiger partial charge >= 0.3 is 0 Å². The number of carbonyl (C=O) groups excluding carboxylic acids is 1. The predicted octanol–water partition coefficient (Wildman–Crippen LogP) is 3.17. The van der Waals surface area contributed by atoms with Gasteiger partial charge < -0.3 is 16.4 Å². The molecular weight excluding hydrogens is 447 g/mol. The molecule has 4 rings (SSSR count). The monoisotopic (exact) mass is 476 g/mol. The van der Waals surface area contributed by atoms with E-state index in [2.05, 4.69) is 45.1 Å². The summed E-state index contributed by atoms with van der Waals surface area (Å²) < 4.78 is 14.2. The number of rotatable bonds is 10. The molecule has 2 aromatic rings. The smallest absolute Gasteiger partial charge is 0.224 e. The summed E-state index contributed by atoms with van der Waals surface area (Å²) in [5.74, 6) is -0.241. The Hall–Kier alpha value is -2.49. The van der Waals surface area contributed by atoms with E-state index in [-0.39, 0.29) is 40.8 Å². The molecule has 2 saturated carbocycles. The van der Waals surface area contributed by atoms with E-state index in [0.29, 0.717) is 11.8 Å². The van der Waals surface area contributed by atoms with Crippen molar-refractivity contribution in [1.29, 1.82) is 0 Å². The van der Waals surface area contributed by atoms with Crippen molar-refractivity contribution in [3.05, 3.63) is 47.1 Å². The van der Waals surface area contributed by atoms with Crippen molar-refractivity contribution in [2.75, 3.05) is 31.0 Å². The predicted molar refractivity (Wildman–Crippen MR) is 125 cm³/mol. The quantitative estimate of drug-likeness (QED) is 0.307. The maximum Gasteiger partial charge on any atom is 0.224 e. The van der Waals surface area contributed by atoms with Crippen LogP contribution >= 0.6 is 11.6 Å². The highest BCUT2D eigenvalue weighted by Crippen LogP contribution is 2.52. The number of hydrogen-bond donors (Lipinski definition) is 4. The van der Waals surface area contributed by atoms with Crippen molar-refractivity contribution in [2.45, 2.75) is 31.7 Å². The Labute approximate surface area is 197 Å². The van der Waals surface area contributed by atoms with Crippen molar-refractivity contribution in [3.8, 4) is 0 Å². The Kier molecular flexibility index (Phi) is 7.31. The lowest BCUT2D eigenvalue weighted by Crippen LogP contribution is -2.47. The summed E-state index contributed by atoms with van der Waals surface area (Å²) in [6.45, 7) is 3.81. The largest absolute Gasteiger partial charge is 0.369 e. The number of anilines is 2. The topological polar surface area (TPSA) is 114 Å². The third-order valence-electron chi connectivity index (χ3n) is 7.02. The van der Waals surface area contributed by atoms with Gasteiger partial charge in [0.2, 0.25) is 11.2 Å². The van der Waals surface area contributed by atoms with Crippen LogP contribution in [-0.4, -0.2) is 42.1 Å². The van der Waals surface area contributed by atoms with Crippen LogP contribution in [0.2, 0.25) is 5.28 Å². The van der Waals surface area contributed by atoms with Crippen molar-refractivity contribution >= 4 is 29.0 Å². The molecule has 2 fully saturated rings. The van der Waals surface area contributed by atoms with E-state index in [1.165, 1.54) is 5.56 Å². The molecule has 2 bridgehead atoms. The summed E-state index contributed by atoms with van der Waals surface area (Å²) in [5, 5.41) is 6.68. The van der Waals surface area contributed by atoms with Gasteiger partial charge in [0.1, 0.15) is 0 Å². The molecule has 0 saturated heterocycles. The van der Waals surface area contributed by atoms with Crippen LogP contribution in [0.5, 0.6) is 0 Å². The van der Waals surface area contributed by atoms with Gasteiger partial charge in [0.25, 0.3) is 0 Å². The molecule has 1 aromatic carbocycles. The molecule has 2 aliphatic carbocycles. The molecule has 6 atom stereocenters. The van der Waals surface area contributed by atoms with E-state index in [4.69, 9.17) is 22.2 Å². The zero-order valence-corrected chi connectivity index (χ0v) is 19.5. The SMILES string of the molecule is CONc1cccc(C(C)CNCC2CC3CC2C(Nc2nc(Cl)ncc2F)C3C(N)=O)c1. The van der Waals surface area contributed by atoms with Gasteiger partial charge in [0, 0.05) is 12.6 Å². The maximum absolute atomic E-state index is 14.2. The van der Waals surface area contributed by atoms with Crippen molar-refractivity contribution in [1.82, 2.24) is 15.3 Å². The van der Waals surface area contributed by atoms with Crippen molar-refractivity contribution < 1.29 is 14.0 Å². The number of aromatic nitrogens is 2. The molecule has 1 amide bonds. The number of fused-ring (bicyclic) bond motifs is 2. The van der Waals surface area contributed by atoms with Gasteiger partial charge in [-0.25, -0.2) is 9.37 Å². The minimum absolute atomic E-state index is 0.0173. The average Bonchev–Trinajstić information content (AvgIpc) is 3.35. The molecule has 1 aromatic heterocycles. The van der Waals surface area contributed by atoms with Gasteiger partial charge in [-0.15, -0.1) is 0 Å². The molecule has 6 unspecified atom stereocenters. The summed E-state index contributed by atoms with van der Waals surface area (Å²) in [6.07, 6.45) is 2.85. The number of hydrogen-bond acceptors (Lipinski definition) is 7. The fraction of sp³-hybridized carbons (Fsp3) is 0.522. The van der Waals surface area contributed by atoms with Gasteiger partial charge in [-0.2, -0.15) is 4.98 Å². The molecule has 8 nitrogen and oxygen atoms in total. The first-order chi connectivity index (χ1) is 15.9. The van der Waals surface area contributed by atoms with E-state index in [0.717, 1.165) is 37.8 Å². The molecule has 178 valence electrons. The maximum atomic E-state index is 14.2. The molecular formula is C23H30ClFN6O2. The van der Waals surface area contributed by atoms with E-state index >= 15 is 0 Å². The fourth-order valence-electron chi connectivity index (χ4n) is 5.57. The number of halogens is 2. The Morgan fingerprint density at radius 2 is 2.21 bits per heavy atom. The second-order valence-corrected chi connectivity index (χ2v) is 9.42. The van der Waals surface area contributed by atoms with Crippen LogP contribution in [-0.2, 0) is 9.63 Å². The second-order valence-electron chi connectivity index (χ2n) is 9.08. The van der Waals surface area contributed by atoms with Crippen LogP contribution in [0.25, 0.3) is 0 Å². The van der Waals surface area contributed by atoms with E-state index in [1.807, 2.05) is 12.1 Å². The molecule has 5 N–H and O–H groups in total. The summed E-state index contributed by atoms with van der Waals surface area (Å²) in [6, 6.07) is 7.86. The summed E-state index contributed by atoms with van der Waals surface area (Å²) >= 11 is 5.84. The van der Waals surface area contributed by atoms with E-state index in [1.54, 1.807) is 7.11 Å². The van der Waals surface area contributed by atoms with Crippen LogP contribution in [0.3, 0.4) is 0 Å². The molecule has 33 heavy (non-hydrogen) atoms. The number of benzene rings is 1. The molecule has 0 aliphatic heterocycles. The Morgan fingerprint density at radius 1 is 1.39 bits per heavy atom. The number of amides is 1. The lowest BCUT2D eigenvalue weighted by atomic mass is 9.77. The van der Waals surface area contributed by atoms with E-state index < -0.39 is 5.82 Å². The zero-order chi connectivity index (χ0) is 23.5. The number of nitrogens with zero attached hydrogens (tertiary/aromatic N) is 2. The summed E-state index contributed by atoms with van der Waals surface area (Å²) in [7, 11) is 1.59. The van der Waals surface area contributed by atoms with Crippen LogP contribution in [0, 0.1) is 29.5 Å². The van der Waals surface area contributed by atoms with Gasteiger partial charge in [0.05, 0.1) is 24.9 Å². The van der Waals surface area contributed by atoms with Crippen LogP contribution < -0.4 is 21.8 Å². The first-order valence-electron chi connectivity index (χ1n) is 11.2. The fourth-order valence-corrected chi connectivity index (χ4v) is 5.70. The lowest BCUT2D eigenvalue weighted by Gasteiger charge is -2.35. The first-order valence-corrected chi connectivity index (χ1v) is 11.6. The number of primary amides is 1. The normalized spacial score (nSPS) is 26.8. The Bertz CT molecular complexity index is 995. The van der Waals surface area contributed by atoms with Gasteiger partial charge in [-0.3, -0.25) is 15.1 Å².